The van der Waals surface area contributed by atoms with Gasteiger partial charge in [-0.2, -0.15) is 4.98 Å². The monoisotopic (exact) mass is 252 g/mol. The molecule has 0 spiro atoms. The molecule has 0 bridgehead atoms. The van der Waals surface area contributed by atoms with Crippen LogP contribution in [0, 0.1) is 0 Å². The SMILES string of the molecule is CC(C)c1nc(C2CCCN2C(=O)[C@@H](C)N)no1. The molecule has 1 saturated heterocycles. The standard InChI is InChI=1S/C12H20N4O2/c1-7(2)11-14-10(15-18-11)9-5-4-6-16(9)12(17)8(3)13/h7-9H,4-6,13H2,1-3H3/t8-,9?/m1/s1. The van der Waals surface area contributed by atoms with Crippen LogP contribution in [0.1, 0.15) is 57.3 Å². The highest BCUT2D eigenvalue weighted by atomic mass is 16.5. The second-order valence-corrected chi connectivity index (χ2v) is 5.12. The van der Waals surface area contributed by atoms with Gasteiger partial charge in [0, 0.05) is 12.5 Å². The van der Waals surface area contributed by atoms with Crippen LogP contribution in [0.25, 0.3) is 0 Å². The van der Waals surface area contributed by atoms with E-state index in [1.165, 1.54) is 0 Å². The van der Waals surface area contributed by atoms with Gasteiger partial charge in [0.05, 0.1) is 12.1 Å². The molecule has 100 valence electrons. The number of likely N-dealkylation sites (tertiary alicyclic amines) is 1. The number of amides is 1. The van der Waals surface area contributed by atoms with Gasteiger partial charge in [0.2, 0.25) is 11.8 Å². The highest BCUT2D eigenvalue weighted by molar-refractivity contribution is 5.81. The van der Waals surface area contributed by atoms with Crippen molar-refractivity contribution in [2.45, 2.75) is 51.6 Å². The van der Waals surface area contributed by atoms with Gasteiger partial charge in [0.25, 0.3) is 0 Å². The van der Waals surface area contributed by atoms with Gasteiger partial charge in [0.1, 0.15) is 0 Å². The number of hydrogen-bond acceptors (Lipinski definition) is 5. The van der Waals surface area contributed by atoms with Crippen molar-refractivity contribution in [2.24, 2.45) is 5.73 Å². The van der Waals surface area contributed by atoms with Crippen molar-refractivity contribution in [1.82, 2.24) is 15.0 Å². The number of carbonyl (C=O) groups excluding carboxylic acids is 1. The Morgan fingerprint density at radius 2 is 2.22 bits per heavy atom. The molecular formula is C12H20N4O2. The van der Waals surface area contributed by atoms with Crippen LogP contribution in [0.3, 0.4) is 0 Å². The fourth-order valence-corrected chi connectivity index (χ4v) is 2.18. The Bertz CT molecular complexity index is 427. The highest BCUT2D eigenvalue weighted by Crippen LogP contribution is 2.31. The second kappa shape index (κ2) is 5.06. The summed E-state index contributed by atoms with van der Waals surface area (Å²) >= 11 is 0. The van der Waals surface area contributed by atoms with E-state index in [4.69, 9.17) is 10.3 Å². The molecule has 1 amide bonds. The molecular weight excluding hydrogens is 232 g/mol. The fourth-order valence-electron chi connectivity index (χ4n) is 2.18. The minimum atomic E-state index is -0.484. The Morgan fingerprint density at radius 3 is 2.78 bits per heavy atom. The van der Waals surface area contributed by atoms with Crippen molar-refractivity contribution in [3.05, 3.63) is 11.7 Å². The van der Waals surface area contributed by atoms with E-state index >= 15 is 0 Å². The molecule has 1 aliphatic heterocycles. The maximum absolute atomic E-state index is 12.0. The molecule has 1 aromatic heterocycles. The third-order valence-corrected chi connectivity index (χ3v) is 3.17. The van der Waals surface area contributed by atoms with Crippen molar-refractivity contribution in [2.75, 3.05) is 6.54 Å². The van der Waals surface area contributed by atoms with Crippen molar-refractivity contribution in [3.63, 3.8) is 0 Å². The third kappa shape index (κ3) is 2.38. The van der Waals surface area contributed by atoms with Gasteiger partial charge in [-0.3, -0.25) is 4.79 Å². The lowest BCUT2D eigenvalue weighted by atomic mass is 10.2. The first-order valence-electron chi connectivity index (χ1n) is 6.40. The van der Waals surface area contributed by atoms with E-state index in [9.17, 15) is 4.79 Å². The van der Waals surface area contributed by atoms with Crippen LogP contribution >= 0.6 is 0 Å². The van der Waals surface area contributed by atoms with E-state index in [1.807, 2.05) is 13.8 Å². The largest absolute Gasteiger partial charge is 0.339 e. The Kier molecular flexibility index (Phi) is 3.65. The predicted molar refractivity (Wildman–Crippen MR) is 65.7 cm³/mol. The van der Waals surface area contributed by atoms with Gasteiger partial charge < -0.3 is 15.2 Å². The lowest BCUT2D eigenvalue weighted by Crippen LogP contribution is -2.41. The maximum atomic E-state index is 12.0. The van der Waals surface area contributed by atoms with E-state index < -0.39 is 6.04 Å². The summed E-state index contributed by atoms with van der Waals surface area (Å²) in [5, 5.41) is 3.99. The average Bonchev–Trinajstić information content (AvgIpc) is 2.96. The van der Waals surface area contributed by atoms with E-state index in [2.05, 4.69) is 10.1 Å². The van der Waals surface area contributed by atoms with E-state index in [0.29, 0.717) is 11.7 Å². The molecule has 0 radical (unpaired) electrons. The van der Waals surface area contributed by atoms with Crippen molar-refractivity contribution < 1.29 is 9.32 Å². The molecule has 0 aliphatic carbocycles. The summed E-state index contributed by atoms with van der Waals surface area (Å²) in [5.41, 5.74) is 5.65. The number of aromatic nitrogens is 2. The van der Waals surface area contributed by atoms with Crippen LogP contribution in [0.5, 0.6) is 0 Å². The molecule has 1 aliphatic rings. The summed E-state index contributed by atoms with van der Waals surface area (Å²) in [7, 11) is 0. The summed E-state index contributed by atoms with van der Waals surface area (Å²) in [4.78, 5) is 18.1. The molecule has 2 rings (SSSR count). The van der Waals surface area contributed by atoms with Crippen LogP contribution in [0.4, 0.5) is 0 Å². The quantitative estimate of drug-likeness (QED) is 0.873. The maximum Gasteiger partial charge on any atom is 0.239 e. The summed E-state index contributed by atoms with van der Waals surface area (Å²) in [6.45, 7) is 6.41. The first-order valence-corrected chi connectivity index (χ1v) is 6.40. The molecule has 2 atom stereocenters. The van der Waals surface area contributed by atoms with Crippen LogP contribution < -0.4 is 5.73 Å². The van der Waals surface area contributed by atoms with Gasteiger partial charge in [0.15, 0.2) is 5.82 Å². The minimum Gasteiger partial charge on any atom is -0.339 e. The van der Waals surface area contributed by atoms with Crippen molar-refractivity contribution in [1.29, 1.82) is 0 Å². The Balaban J connectivity index is 2.18. The molecule has 2 N–H and O–H groups in total. The van der Waals surface area contributed by atoms with Gasteiger partial charge in [-0.1, -0.05) is 19.0 Å². The number of carbonyl (C=O) groups is 1. The van der Waals surface area contributed by atoms with Gasteiger partial charge >= 0.3 is 0 Å². The molecule has 18 heavy (non-hydrogen) atoms. The van der Waals surface area contributed by atoms with E-state index in [1.54, 1.807) is 11.8 Å². The average molecular weight is 252 g/mol. The number of nitrogens with zero attached hydrogens (tertiary/aromatic N) is 3. The first-order chi connectivity index (χ1) is 8.50. The normalized spacial score (nSPS) is 21.6. The Labute approximate surface area is 107 Å². The van der Waals surface area contributed by atoms with E-state index in [-0.39, 0.29) is 17.9 Å². The summed E-state index contributed by atoms with van der Waals surface area (Å²) in [6, 6.07) is -0.568. The van der Waals surface area contributed by atoms with Crippen LogP contribution in [-0.2, 0) is 4.79 Å². The minimum absolute atomic E-state index is 0.0478. The zero-order valence-corrected chi connectivity index (χ0v) is 11.1. The molecule has 1 fully saturated rings. The molecule has 1 aromatic rings. The molecule has 0 aromatic carbocycles. The summed E-state index contributed by atoms with van der Waals surface area (Å²) < 4.78 is 5.20. The smallest absolute Gasteiger partial charge is 0.239 e. The number of nitrogens with two attached hydrogens (primary N) is 1. The lowest BCUT2D eigenvalue weighted by Gasteiger charge is -2.23. The molecule has 6 nitrogen and oxygen atoms in total. The summed E-state index contributed by atoms with van der Waals surface area (Å²) in [6.07, 6.45) is 1.82. The van der Waals surface area contributed by atoms with E-state index in [0.717, 1.165) is 19.4 Å². The van der Waals surface area contributed by atoms with Gasteiger partial charge in [-0.25, -0.2) is 0 Å². The Morgan fingerprint density at radius 1 is 1.50 bits per heavy atom. The zero-order chi connectivity index (χ0) is 13.3. The highest BCUT2D eigenvalue weighted by Gasteiger charge is 2.34. The molecule has 6 heteroatoms. The van der Waals surface area contributed by atoms with Crippen molar-refractivity contribution in [3.8, 4) is 0 Å². The first kappa shape index (κ1) is 13.0. The molecule has 0 saturated carbocycles. The van der Waals surface area contributed by atoms with Crippen LogP contribution in [0.15, 0.2) is 4.52 Å². The number of hydrogen-bond donors (Lipinski definition) is 1. The summed E-state index contributed by atoms with van der Waals surface area (Å²) in [5.74, 6) is 1.37. The van der Waals surface area contributed by atoms with Crippen LogP contribution in [0.2, 0.25) is 0 Å². The van der Waals surface area contributed by atoms with Gasteiger partial charge in [-0.15, -0.1) is 0 Å². The molecule has 2 heterocycles. The van der Waals surface area contributed by atoms with Gasteiger partial charge in [-0.05, 0) is 19.8 Å². The molecule has 1 unspecified atom stereocenters. The lowest BCUT2D eigenvalue weighted by molar-refractivity contribution is -0.133. The zero-order valence-electron chi connectivity index (χ0n) is 11.1. The Hall–Kier alpha value is -1.43. The van der Waals surface area contributed by atoms with Crippen molar-refractivity contribution >= 4 is 5.91 Å². The topological polar surface area (TPSA) is 85.2 Å². The van der Waals surface area contributed by atoms with Crippen LogP contribution in [-0.4, -0.2) is 33.5 Å². The number of rotatable bonds is 3. The second-order valence-electron chi connectivity index (χ2n) is 5.12. The predicted octanol–water partition coefficient (Wildman–Crippen LogP) is 1.20. The fraction of sp³-hybridized carbons (Fsp3) is 0.750. The third-order valence-electron chi connectivity index (χ3n) is 3.17.